The summed E-state index contributed by atoms with van der Waals surface area (Å²) < 4.78 is 461. The molecule has 2 fully saturated rings. The van der Waals surface area contributed by atoms with E-state index in [-0.39, 0.29) is 0 Å². The molecule has 38 heteroatoms. The molecule has 2 saturated heterocycles. The molecule has 2 aliphatic rings. The Bertz CT molecular complexity index is 1370. The van der Waals surface area contributed by atoms with E-state index in [0.29, 0.717) is 0 Å². The molecule has 0 aliphatic carbocycles. The van der Waals surface area contributed by atoms with Crippen LogP contribution in [0.15, 0.2) is 0 Å². The monoisotopic (exact) mass is 932 g/mol. The molecule has 0 aromatic heterocycles. The Balaban J connectivity index is 0.000000560. The maximum Gasteiger partial charge on any atom is 0.460 e. The molecule has 0 aromatic carbocycles. The van der Waals surface area contributed by atoms with Crippen molar-refractivity contribution in [3.05, 3.63) is 0 Å². The Morgan fingerprint density at radius 2 is 0.482 bits per heavy atom. The fraction of sp³-hybridized carbons (Fsp3) is 1.00. The second kappa shape index (κ2) is 12.0. The van der Waals surface area contributed by atoms with Crippen LogP contribution < -0.4 is 0 Å². The van der Waals surface area contributed by atoms with E-state index in [2.05, 4.69) is 0 Å². The Hall–Kier alpha value is -2.60. The minimum atomic E-state index is -8.46. The molecule has 0 N–H and O–H groups in total. The summed E-state index contributed by atoms with van der Waals surface area (Å²) in [5, 5.41) is 0. The van der Waals surface area contributed by atoms with E-state index >= 15 is 0 Å². The van der Waals surface area contributed by atoms with Gasteiger partial charge in [0.15, 0.2) is 0 Å². The first-order chi connectivity index (χ1) is 23.4. The lowest BCUT2D eigenvalue weighted by Crippen LogP contribution is -2.78. The van der Waals surface area contributed by atoms with Crippen LogP contribution in [0.5, 0.6) is 0 Å². The molecule has 336 valence electrons. The highest BCUT2D eigenvalue weighted by molar-refractivity contribution is 5.38. The van der Waals surface area contributed by atoms with Gasteiger partial charge in [0.1, 0.15) is 0 Å². The normalized spacial score (nSPS) is 26.8. The topological polar surface area (TPSA) is 25.1 Å². The van der Waals surface area contributed by atoms with Crippen molar-refractivity contribution in [2.45, 2.75) is 107 Å². The summed E-state index contributed by atoms with van der Waals surface area (Å²) in [4.78, 5) is 0. The van der Waals surface area contributed by atoms with E-state index < -0.39 is 107 Å². The highest BCUT2D eigenvalue weighted by Crippen LogP contribution is 2.79. The third-order valence-corrected chi connectivity index (χ3v) is 7.12. The van der Waals surface area contributed by atoms with Crippen LogP contribution in [0.2, 0.25) is 0 Å². The maximum atomic E-state index is 13.9. The van der Waals surface area contributed by atoms with Crippen LogP contribution in [0.4, 0.5) is 158 Å². The Morgan fingerprint density at radius 1 is 0.250 bits per heavy atom. The van der Waals surface area contributed by atoms with Gasteiger partial charge < -0.3 is 9.47 Å². The van der Waals surface area contributed by atoms with E-state index in [1.54, 1.807) is 0 Å². The van der Waals surface area contributed by atoms with Crippen LogP contribution in [0.3, 0.4) is 0 Å². The molecule has 3 atom stereocenters. The van der Waals surface area contributed by atoms with Crippen LogP contribution in [-0.2, 0) is 9.47 Å². The summed E-state index contributed by atoms with van der Waals surface area (Å²) in [5.41, 5.74) is -40.4. The van der Waals surface area contributed by atoms with E-state index in [0.717, 1.165) is 0 Å². The van der Waals surface area contributed by atoms with Crippen LogP contribution in [0.25, 0.3) is 0 Å². The van der Waals surface area contributed by atoms with Crippen molar-refractivity contribution < 1.29 is 168 Å². The van der Waals surface area contributed by atoms with E-state index in [1.807, 2.05) is 9.47 Å². The highest BCUT2D eigenvalue weighted by Gasteiger charge is 3.13. The zero-order valence-electron chi connectivity index (χ0n) is 23.4. The molecule has 0 bridgehead atoms. The Kier molecular flexibility index (Phi) is 11.0. The third-order valence-electron chi connectivity index (χ3n) is 7.12. The number of epoxide rings is 2. The van der Waals surface area contributed by atoms with Crippen molar-refractivity contribution in [2.24, 2.45) is 0 Å². The van der Waals surface area contributed by atoms with Gasteiger partial charge in [0.2, 0.25) is 5.60 Å². The largest absolute Gasteiger partial charge is 0.460 e. The third kappa shape index (κ3) is 5.85. The molecule has 0 radical (unpaired) electrons. The predicted octanol–water partition coefficient (Wildman–Crippen LogP) is 11.3. The molecule has 3 unspecified atom stereocenters. The number of rotatable bonds is 5. The van der Waals surface area contributed by atoms with E-state index in [1.165, 1.54) is 0 Å². The van der Waals surface area contributed by atoms with Gasteiger partial charge >= 0.3 is 96.1 Å². The molecule has 56 heavy (non-hydrogen) atoms. The van der Waals surface area contributed by atoms with E-state index in [4.69, 9.17) is 0 Å². The summed E-state index contributed by atoms with van der Waals surface area (Å²) >= 11 is 0. The second-order valence-corrected chi connectivity index (χ2v) is 10.4. The van der Waals surface area contributed by atoms with Gasteiger partial charge in [0.25, 0.3) is 5.60 Å². The molecule has 2 nitrogen and oxygen atoms in total. The number of hydrogen-bond acceptors (Lipinski definition) is 2. The zero-order valence-corrected chi connectivity index (χ0v) is 23.4. The number of halogens is 36. The molecular weight excluding hydrogens is 932 g/mol. The molecule has 2 heterocycles. The summed E-state index contributed by atoms with van der Waals surface area (Å²) in [6.07, 6.45) is -71.8. The van der Waals surface area contributed by atoms with Gasteiger partial charge in [-0.15, -0.1) is 0 Å². The quantitative estimate of drug-likeness (QED) is 0.203. The first-order valence-electron chi connectivity index (χ1n) is 11.6. The highest BCUT2D eigenvalue weighted by atomic mass is 19.5. The van der Waals surface area contributed by atoms with Gasteiger partial charge in [0.05, 0.1) is 0 Å². The van der Waals surface area contributed by atoms with Crippen LogP contribution >= 0.6 is 0 Å². The van der Waals surface area contributed by atoms with Crippen molar-refractivity contribution in [1.29, 1.82) is 0 Å². The van der Waals surface area contributed by atoms with Crippen molar-refractivity contribution in [1.82, 2.24) is 0 Å². The number of ether oxygens (including phenoxy) is 2. The maximum absolute atomic E-state index is 13.9. The smallest absolute Gasteiger partial charge is 0.315 e. The molecule has 2 aliphatic heterocycles. The molecule has 0 saturated carbocycles. The lowest BCUT2D eigenvalue weighted by molar-refractivity contribution is -0.423. The summed E-state index contributed by atoms with van der Waals surface area (Å²) in [6, 6.07) is 0. The van der Waals surface area contributed by atoms with Gasteiger partial charge in [-0.1, -0.05) is 0 Å². The van der Waals surface area contributed by atoms with Crippen LogP contribution in [-0.4, -0.2) is 107 Å². The van der Waals surface area contributed by atoms with Gasteiger partial charge in [-0.2, -0.15) is 140 Å². The minimum Gasteiger partial charge on any atom is -0.315 e. The first-order valence-corrected chi connectivity index (χ1v) is 11.6. The lowest BCUT2D eigenvalue weighted by atomic mass is 9.71. The molecule has 2 rings (SSSR count). The van der Waals surface area contributed by atoms with Gasteiger partial charge in [-0.3, -0.25) is 0 Å². The van der Waals surface area contributed by atoms with Crippen molar-refractivity contribution in [3.63, 3.8) is 0 Å². The summed E-state index contributed by atoms with van der Waals surface area (Å²) in [6.45, 7) is 0. The Labute approximate surface area is 276 Å². The van der Waals surface area contributed by atoms with Crippen molar-refractivity contribution >= 4 is 0 Å². The summed E-state index contributed by atoms with van der Waals surface area (Å²) in [7, 11) is 0. The second-order valence-electron chi connectivity index (χ2n) is 10.4. The average Bonchev–Trinajstić information content (AvgIpc) is 3.74. The van der Waals surface area contributed by atoms with Crippen molar-refractivity contribution in [3.8, 4) is 0 Å². The van der Waals surface area contributed by atoms with Gasteiger partial charge in [-0.05, 0) is 0 Å². The van der Waals surface area contributed by atoms with E-state index in [9.17, 15) is 158 Å². The molecular formula is C18F36O2. The van der Waals surface area contributed by atoms with Gasteiger partial charge in [-0.25, -0.2) is 17.6 Å². The fourth-order valence-electron chi connectivity index (χ4n) is 4.49. The summed E-state index contributed by atoms with van der Waals surface area (Å²) in [5.74, 6) is -31.2. The SMILES string of the molecule is FC(F)(F)C(F)(F)C(F)(F)C1(C(F)(F)F)OC1(F)C(F)(C(F)(F)F)C(F)(F)F.FC(F)(F)C1(F)OC1(C(F)(C(F)(F)F)C(F)(F)F)C(F)(C(F)(F)F)C(F)(F)F. The average molecular weight is 932 g/mol. The lowest BCUT2D eigenvalue weighted by Gasteiger charge is -2.43. The molecule has 0 spiro atoms. The van der Waals surface area contributed by atoms with Gasteiger partial charge in [0, 0.05) is 0 Å². The Morgan fingerprint density at radius 3 is 0.643 bits per heavy atom. The number of hydrogen-bond donors (Lipinski definition) is 0. The predicted molar refractivity (Wildman–Crippen MR) is 91.2 cm³/mol. The van der Waals surface area contributed by atoms with Crippen molar-refractivity contribution in [2.75, 3.05) is 0 Å². The minimum absolute atomic E-state index is 1.87. The number of alkyl halides is 36. The fourth-order valence-corrected chi connectivity index (χ4v) is 4.49. The first kappa shape index (κ1) is 51.4. The zero-order chi connectivity index (χ0) is 46.4. The molecule has 0 aromatic rings. The van der Waals surface area contributed by atoms with Crippen LogP contribution in [0, 0.1) is 0 Å². The van der Waals surface area contributed by atoms with Crippen LogP contribution in [0.1, 0.15) is 0 Å². The molecule has 0 amide bonds. The standard InChI is InChI=1S/2C9F18O/c10-1(6(16,17)18,7(19,20)21)5(15)2(28-5,8(22,23)24)3(11,12)4(13,14)9(25,26)27;10-1(5(13,14)15,6(16,17)18)3(4(12,28-3)9(25,26)27)2(11,7(19,20)21)8(22,23)24.